The van der Waals surface area contributed by atoms with Gasteiger partial charge in [0.1, 0.15) is 5.54 Å². The van der Waals surface area contributed by atoms with Gasteiger partial charge in [-0.05, 0) is 37.5 Å². The van der Waals surface area contributed by atoms with Crippen molar-refractivity contribution in [3.63, 3.8) is 0 Å². The van der Waals surface area contributed by atoms with Crippen LogP contribution in [0.2, 0.25) is 10.0 Å². The van der Waals surface area contributed by atoms with Gasteiger partial charge in [0.15, 0.2) is 0 Å². The van der Waals surface area contributed by atoms with Crippen LogP contribution in [0.25, 0.3) is 0 Å². The molecule has 1 unspecified atom stereocenters. The van der Waals surface area contributed by atoms with Crippen LogP contribution in [0.15, 0.2) is 18.2 Å². The molecule has 1 amide bonds. The number of carbonyl (C=O) groups is 1. The predicted octanol–water partition coefficient (Wildman–Crippen LogP) is 4.05. The second kappa shape index (κ2) is 6.27. The summed E-state index contributed by atoms with van der Waals surface area (Å²) < 4.78 is 0. The Bertz CT molecular complexity index is 502. The van der Waals surface area contributed by atoms with Crippen molar-refractivity contribution in [3.05, 3.63) is 33.8 Å². The Morgan fingerprint density at radius 3 is 2.32 bits per heavy atom. The van der Waals surface area contributed by atoms with Crippen LogP contribution in [-0.4, -0.2) is 11.4 Å². The summed E-state index contributed by atoms with van der Waals surface area (Å²) in [6.07, 6.45) is 0.573. The zero-order valence-corrected chi connectivity index (χ0v) is 12.6. The molecule has 1 aromatic carbocycles. The fourth-order valence-electron chi connectivity index (χ4n) is 1.95. The smallest absolute Gasteiger partial charge is 0.252 e. The van der Waals surface area contributed by atoms with Crippen molar-refractivity contribution in [1.29, 1.82) is 5.26 Å². The Balaban J connectivity index is 2.92. The first-order valence-corrected chi connectivity index (χ1v) is 6.71. The number of nitriles is 1. The van der Waals surface area contributed by atoms with Crippen LogP contribution in [-0.2, 0) is 0 Å². The van der Waals surface area contributed by atoms with E-state index >= 15 is 0 Å². The monoisotopic (exact) mass is 298 g/mol. The summed E-state index contributed by atoms with van der Waals surface area (Å²) in [6.45, 7) is 5.70. The first-order chi connectivity index (χ1) is 8.75. The van der Waals surface area contributed by atoms with Gasteiger partial charge >= 0.3 is 0 Å². The van der Waals surface area contributed by atoms with Crippen LogP contribution in [0, 0.1) is 17.2 Å². The lowest BCUT2D eigenvalue weighted by atomic mass is 9.92. The van der Waals surface area contributed by atoms with Gasteiger partial charge in [-0.3, -0.25) is 4.79 Å². The van der Waals surface area contributed by atoms with Crippen molar-refractivity contribution >= 4 is 29.1 Å². The second-order valence-electron chi connectivity index (χ2n) is 5.15. The molecule has 0 radical (unpaired) electrons. The minimum absolute atomic E-state index is 0.299. The summed E-state index contributed by atoms with van der Waals surface area (Å²) in [5.74, 6) is -0.0537. The van der Waals surface area contributed by atoms with E-state index in [1.54, 1.807) is 13.0 Å². The number of hydrogen-bond donors (Lipinski definition) is 1. The van der Waals surface area contributed by atoms with E-state index in [0.29, 0.717) is 27.9 Å². The summed E-state index contributed by atoms with van der Waals surface area (Å²) in [4.78, 5) is 12.1. The third-order valence-corrected chi connectivity index (χ3v) is 3.01. The number of hydrogen-bond acceptors (Lipinski definition) is 2. The molecule has 3 nitrogen and oxygen atoms in total. The molecule has 0 aromatic heterocycles. The number of carbonyl (C=O) groups excluding carboxylic acids is 1. The summed E-state index contributed by atoms with van der Waals surface area (Å²) in [7, 11) is 0. The molecule has 0 saturated heterocycles. The van der Waals surface area contributed by atoms with Gasteiger partial charge in [0.05, 0.1) is 6.07 Å². The van der Waals surface area contributed by atoms with Crippen molar-refractivity contribution < 1.29 is 4.79 Å². The molecular weight excluding hydrogens is 283 g/mol. The summed E-state index contributed by atoms with van der Waals surface area (Å²) in [6, 6.07) is 6.74. The van der Waals surface area contributed by atoms with Crippen molar-refractivity contribution in [2.24, 2.45) is 5.92 Å². The van der Waals surface area contributed by atoms with Crippen LogP contribution in [0.1, 0.15) is 37.6 Å². The molecular formula is C14H16Cl2N2O. The van der Waals surface area contributed by atoms with Crippen molar-refractivity contribution in [3.8, 4) is 6.07 Å². The van der Waals surface area contributed by atoms with E-state index in [1.165, 1.54) is 12.1 Å². The lowest BCUT2D eigenvalue weighted by molar-refractivity contribution is 0.0917. The van der Waals surface area contributed by atoms with E-state index in [0.717, 1.165) is 0 Å². The van der Waals surface area contributed by atoms with Crippen LogP contribution in [0.4, 0.5) is 0 Å². The number of nitrogens with one attached hydrogen (secondary N) is 1. The Labute approximate surface area is 123 Å². The minimum Gasteiger partial charge on any atom is -0.334 e. The fraction of sp³-hybridized carbons (Fsp3) is 0.429. The van der Waals surface area contributed by atoms with Gasteiger partial charge < -0.3 is 5.32 Å². The maximum Gasteiger partial charge on any atom is 0.252 e. The lowest BCUT2D eigenvalue weighted by Gasteiger charge is -2.25. The highest BCUT2D eigenvalue weighted by atomic mass is 35.5. The highest BCUT2D eigenvalue weighted by Gasteiger charge is 2.27. The molecule has 0 spiro atoms. The Hall–Kier alpha value is -1.24. The van der Waals surface area contributed by atoms with Crippen molar-refractivity contribution in [2.45, 2.75) is 32.7 Å². The van der Waals surface area contributed by atoms with Gasteiger partial charge in [-0.25, -0.2) is 0 Å². The molecule has 0 aliphatic carbocycles. The molecule has 1 aromatic rings. The van der Waals surface area contributed by atoms with Crippen LogP contribution in [0.5, 0.6) is 0 Å². The summed E-state index contributed by atoms with van der Waals surface area (Å²) >= 11 is 11.7. The topological polar surface area (TPSA) is 52.9 Å². The standard InChI is InChI=1S/C14H16Cl2N2O/c1-9(2)7-14(3,8-17)18-13(19)10-4-11(15)6-12(16)5-10/h4-6,9H,7H2,1-3H3,(H,18,19). The zero-order valence-electron chi connectivity index (χ0n) is 11.1. The number of amides is 1. The van der Waals surface area contributed by atoms with Gasteiger partial charge in [-0.1, -0.05) is 37.0 Å². The maximum atomic E-state index is 12.1. The fourth-order valence-corrected chi connectivity index (χ4v) is 2.47. The third kappa shape index (κ3) is 4.74. The molecule has 1 N–H and O–H groups in total. The molecule has 1 atom stereocenters. The third-order valence-electron chi connectivity index (χ3n) is 2.58. The van der Waals surface area contributed by atoms with Gasteiger partial charge in [0.2, 0.25) is 0 Å². The lowest BCUT2D eigenvalue weighted by Crippen LogP contribution is -2.45. The molecule has 1 rings (SSSR count). The first kappa shape index (κ1) is 15.8. The highest BCUT2D eigenvalue weighted by molar-refractivity contribution is 6.35. The van der Waals surface area contributed by atoms with E-state index < -0.39 is 5.54 Å². The quantitative estimate of drug-likeness (QED) is 0.911. The first-order valence-electron chi connectivity index (χ1n) is 5.95. The van der Waals surface area contributed by atoms with Crippen LogP contribution >= 0.6 is 23.2 Å². The average Bonchev–Trinajstić information content (AvgIpc) is 2.26. The van der Waals surface area contributed by atoms with E-state index in [9.17, 15) is 10.1 Å². The van der Waals surface area contributed by atoms with E-state index in [1.807, 2.05) is 13.8 Å². The summed E-state index contributed by atoms with van der Waals surface area (Å²) in [5.41, 5.74) is -0.553. The van der Waals surface area contributed by atoms with Crippen LogP contribution < -0.4 is 5.32 Å². The summed E-state index contributed by atoms with van der Waals surface area (Å²) in [5, 5.41) is 12.7. The zero-order chi connectivity index (χ0) is 14.6. The molecule has 0 heterocycles. The molecule has 0 aliphatic heterocycles. The molecule has 0 saturated carbocycles. The van der Waals surface area contributed by atoms with E-state index in [-0.39, 0.29) is 5.91 Å². The molecule has 19 heavy (non-hydrogen) atoms. The Morgan fingerprint density at radius 2 is 1.89 bits per heavy atom. The van der Waals surface area contributed by atoms with E-state index in [2.05, 4.69) is 11.4 Å². The molecule has 0 fully saturated rings. The van der Waals surface area contributed by atoms with Gasteiger partial charge in [0, 0.05) is 15.6 Å². The largest absolute Gasteiger partial charge is 0.334 e. The normalized spacial score (nSPS) is 13.7. The number of nitrogens with zero attached hydrogens (tertiary/aromatic N) is 1. The minimum atomic E-state index is -0.903. The van der Waals surface area contributed by atoms with Gasteiger partial charge in [-0.15, -0.1) is 0 Å². The molecule has 0 bridgehead atoms. The maximum absolute atomic E-state index is 12.1. The number of rotatable bonds is 4. The molecule has 5 heteroatoms. The number of halogens is 2. The predicted molar refractivity (Wildman–Crippen MR) is 77.4 cm³/mol. The van der Waals surface area contributed by atoms with E-state index in [4.69, 9.17) is 23.2 Å². The second-order valence-corrected chi connectivity index (χ2v) is 6.03. The SMILES string of the molecule is CC(C)CC(C)(C#N)NC(=O)c1cc(Cl)cc(Cl)c1. The molecule has 102 valence electrons. The Morgan fingerprint density at radius 1 is 1.37 bits per heavy atom. The van der Waals surface area contributed by atoms with Crippen LogP contribution in [0.3, 0.4) is 0 Å². The van der Waals surface area contributed by atoms with Gasteiger partial charge in [0.25, 0.3) is 5.91 Å². The highest BCUT2D eigenvalue weighted by Crippen LogP contribution is 2.21. The van der Waals surface area contributed by atoms with Crippen molar-refractivity contribution in [1.82, 2.24) is 5.32 Å². The van der Waals surface area contributed by atoms with Gasteiger partial charge in [-0.2, -0.15) is 5.26 Å². The molecule has 0 aliphatic rings. The number of benzene rings is 1. The van der Waals surface area contributed by atoms with Crippen molar-refractivity contribution in [2.75, 3.05) is 0 Å². The Kier molecular flexibility index (Phi) is 5.22. The average molecular weight is 299 g/mol.